The summed E-state index contributed by atoms with van der Waals surface area (Å²) in [5, 5.41) is 37.7. The molecule has 0 radical (unpaired) electrons. The standard InChI is InChI=1S/C28H11F15O8/c29-24(30,31)11-1-8(2-12(3-11)25(32,33)34)23(28(41,42)43,9-4-13(19(44)45)17(21(48)49)15(6-9)26(35,36)37)10-5-14(20(46)47)18(22(50)51)16(7-10)27(38,39)40/h1-7H,(H,44,45)(H,46,47)(H,48,49)(H,50,51). The van der Waals surface area contributed by atoms with E-state index in [1.807, 2.05) is 0 Å². The topological polar surface area (TPSA) is 149 Å². The minimum absolute atomic E-state index is 0.652. The number of hydrogen-bond acceptors (Lipinski definition) is 4. The molecule has 0 aliphatic carbocycles. The molecule has 0 aliphatic heterocycles. The third-order valence-electron chi connectivity index (χ3n) is 7.09. The molecule has 0 saturated heterocycles. The second-order valence-electron chi connectivity index (χ2n) is 10.2. The Morgan fingerprint density at radius 2 is 0.647 bits per heavy atom. The maximum atomic E-state index is 15.7. The first-order valence-electron chi connectivity index (χ1n) is 12.6. The lowest BCUT2D eigenvalue weighted by atomic mass is 9.66. The minimum Gasteiger partial charge on any atom is -0.478 e. The molecule has 3 aromatic carbocycles. The summed E-state index contributed by atoms with van der Waals surface area (Å²) in [7, 11) is 0. The Balaban J connectivity index is 2.99. The van der Waals surface area contributed by atoms with Crippen LogP contribution in [0, 0.1) is 0 Å². The Labute approximate surface area is 270 Å². The molecule has 0 spiro atoms. The zero-order valence-corrected chi connectivity index (χ0v) is 23.6. The van der Waals surface area contributed by atoms with Gasteiger partial charge in [-0.25, -0.2) is 19.2 Å². The third kappa shape index (κ3) is 7.22. The number of halogens is 15. The highest BCUT2D eigenvalue weighted by molar-refractivity contribution is 6.04. The molecule has 0 saturated carbocycles. The quantitative estimate of drug-likeness (QED) is 0.139. The average Bonchev–Trinajstić information content (AvgIpc) is 2.93. The summed E-state index contributed by atoms with van der Waals surface area (Å²) in [6, 6.07) is -5.66. The van der Waals surface area contributed by atoms with E-state index < -0.39 is 164 Å². The van der Waals surface area contributed by atoms with Gasteiger partial charge in [0, 0.05) is 0 Å². The zero-order chi connectivity index (χ0) is 39.6. The summed E-state index contributed by atoms with van der Waals surface area (Å²) < 4.78 is 215. The van der Waals surface area contributed by atoms with Crippen LogP contribution in [0.25, 0.3) is 0 Å². The first kappa shape index (κ1) is 39.9. The van der Waals surface area contributed by atoms with Crippen molar-refractivity contribution in [3.63, 3.8) is 0 Å². The van der Waals surface area contributed by atoms with Gasteiger partial charge in [-0.2, -0.15) is 65.9 Å². The minimum atomic E-state index is -6.83. The molecule has 3 rings (SSSR count). The number of alkyl halides is 15. The van der Waals surface area contributed by atoms with Crippen LogP contribution in [0.15, 0.2) is 42.5 Å². The van der Waals surface area contributed by atoms with Gasteiger partial charge in [-0.05, 0) is 59.2 Å². The largest absolute Gasteiger partial charge is 0.478 e. The van der Waals surface area contributed by atoms with Crippen molar-refractivity contribution in [1.82, 2.24) is 0 Å². The molecule has 8 nitrogen and oxygen atoms in total. The molecule has 0 aliphatic rings. The maximum absolute atomic E-state index is 15.7. The van der Waals surface area contributed by atoms with E-state index >= 15 is 13.2 Å². The van der Waals surface area contributed by atoms with Gasteiger partial charge in [0.05, 0.1) is 44.5 Å². The van der Waals surface area contributed by atoms with E-state index in [2.05, 4.69) is 0 Å². The predicted octanol–water partition coefficient (Wildman–Crippen LogP) is 8.45. The van der Waals surface area contributed by atoms with Crippen LogP contribution in [0.4, 0.5) is 65.9 Å². The van der Waals surface area contributed by atoms with E-state index in [0.29, 0.717) is 0 Å². The van der Waals surface area contributed by atoms with Crippen LogP contribution in [0.2, 0.25) is 0 Å². The second-order valence-corrected chi connectivity index (χ2v) is 10.2. The van der Waals surface area contributed by atoms with Gasteiger partial charge >= 0.3 is 54.8 Å². The van der Waals surface area contributed by atoms with Gasteiger partial charge in [-0.3, -0.25) is 0 Å². The Morgan fingerprint density at radius 1 is 0.373 bits per heavy atom. The lowest BCUT2D eigenvalue weighted by Crippen LogP contribution is -2.46. The molecule has 23 heteroatoms. The molecule has 0 atom stereocenters. The summed E-state index contributed by atoms with van der Waals surface area (Å²) in [5.41, 5.74) is -33.2. The summed E-state index contributed by atoms with van der Waals surface area (Å²) in [6.45, 7) is 0. The summed E-state index contributed by atoms with van der Waals surface area (Å²) in [6.07, 6.45) is -31.4. The number of carboxylic acids is 4. The summed E-state index contributed by atoms with van der Waals surface area (Å²) in [4.78, 5) is 47.2. The Bertz CT molecular complexity index is 1820. The van der Waals surface area contributed by atoms with E-state index in [9.17, 15) is 92.3 Å². The number of benzene rings is 3. The lowest BCUT2D eigenvalue weighted by Gasteiger charge is -2.39. The lowest BCUT2D eigenvalue weighted by molar-refractivity contribution is -0.168. The number of rotatable bonds is 7. The van der Waals surface area contributed by atoms with Crippen molar-refractivity contribution < 1.29 is 105 Å². The molecule has 0 amide bonds. The fourth-order valence-electron chi connectivity index (χ4n) is 5.12. The molecule has 51 heavy (non-hydrogen) atoms. The average molecular weight is 760 g/mol. The van der Waals surface area contributed by atoms with Crippen molar-refractivity contribution in [3.05, 3.63) is 104 Å². The van der Waals surface area contributed by atoms with Crippen LogP contribution in [0.5, 0.6) is 0 Å². The maximum Gasteiger partial charge on any atom is 0.417 e. The highest BCUT2D eigenvalue weighted by Crippen LogP contribution is 2.55. The van der Waals surface area contributed by atoms with E-state index in [1.165, 1.54) is 0 Å². The van der Waals surface area contributed by atoms with E-state index in [0.717, 1.165) is 0 Å². The summed E-state index contributed by atoms with van der Waals surface area (Å²) in [5.74, 6) is -11.3. The van der Waals surface area contributed by atoms with Crippen molar-refractivity contribution in [1.29, 1.82) is 0 Å². The fraction of sp³-hybridized carbons (Fsp3) is 0.214. The second kappa shape index (κ2) is 12.4. The Kier molecular flexibility index (Phi) is 9.68. The van der Waals surface area contributed by atoms with Gasteiger partial charge in [0.15, 0.2) is 0 Å². The number of aromatic carboxylic acids is 4. The van der Waals surface area contributed by atoms with Gasteiger partial charge in [0.2, 0.25) is 0 Å². The SMILES string of the molecule is O=C(O)c1cc(C(c2cc(C(F)(F)F)cc(C(F)(F)F)c2)(c2cc(C(=O)O)c(C(=O)O)c(C(F)(F)F)c2)C(F)(F)F)cc(C(F)(F)F)c1C(=O)O. The fourth-order valence-corrected chi connectivity index (χ4v) is 5.12. The highest BCUT2D eigenvalue weighted by Gasteiger charge is 2.61. The van der Waals surface area contributed by atoms with E-state index in [4.69, 9.17) is 0 Å². The van der Waals surface area contributed by atoms with Crippen LogP contribution in [0.3, 0.4) is 0 Å². The van der Waals surface area contributed by atoms with Crippen LogP contribution in [-0.2, 0) is 30.1 Å². The van der Waals surface area contributed by atoms with Crippen molar-refractivity contribution in [2.45, 2.75) is 36.3 Å². The van der Waals surface area contributed by atoms with Crippen LogP contribution >= 0.6 is 0 Å². The smallest absolute Gasteiger partial charge is 0.417 e. The van der Waals surface area contributed by atoms with Crippen LogP contribution in [0.1, 0.15) is 80.4 Å². The normalized spacial score (nSPS) is 13.2. The predicted molar refractivity (Wildman–Crippen MR) is 133 cm³/mol. The first-order valence-corrected chi connectivity index (χ1v) is 12.6. The van der Waals surface area contributed by atoms with Crippen molar-refractivity contribution in [3.8, 4) is 0 Å². The molecular formula is C28H11F15O8. The highest BCUT2D eigenvalue weighted by atomic mass is 19.4. The van der Waals surface area contributed by atoms with Gasteiger partial charge < -0.3 is 20.4 Å². The molecule has 276 valence electrons. The molecule has 3 aromatic rings. The molecule has 0 fully saturated rings. The zero-order valence-electron chi connectivity index (χ0n) is 23.6. The van der Waals surface area contributed by atoms with Gasteiger partial charge in [0.1, 0.15) is 5.41 Å². The van der Waals surface area contributed by atoms with E-state index in [-0.39, 0.29) is 0 Å². The molecule has 4 N–H and O–H groups in total. The number of hydrogen-bond donors (Lipinski definition) is 4. The first-order chi connectivity index (χ1) is 22.8. The van der Waals surface area contributed by atoms with Crippen molar-refractivity contribution >= 4 is 23.9 Å². The van der Waals surface area contributed by atoms with Gasteiger partial charge in [0.25, 0.3) is 0 Å². The summed E-state index contributed by atoms with van der Waals surface area (Å²) >= 11 is 0. The Hall–Kier alpha value is -5.51. The number of carbonyl (C=O) groups is 4. The monoisotopic (exact) mass is 760 g/mol. The van der Waals surface area contributed by atoms with Crippen LogP contribution in [-0.4, -0.2) is 50.5 Å². The number of carboxylic acid groups (broad SMARTS) is 4. The molecule has 0 aromatic heterocycles. The Morgan fingerprint density at radius 3 is 0.863 bits per heavy atom. The van der Waals surface area contributed by atoms with E-state index in [1.54, 1.807) is 0 Å². The molecule has 0 unspecified atom stereocenters. The van der Waals surface area contributed by atoms with Crippen LogP contribution < -0.4 is 0 Å². The third-order valence-corrected chi connectivity index (χ3v) is 7.09. The molecule has 0 bridgehead atoms. The van der Waals surface area contributed by atoms with Crippen molar-refractivity contribution in [2.24, 2.45) is 0 Å². The van der Waals surface area contributed by atoms with Gasteiger partial charge in [-0.1, -0.05) is 0 Å². The molecule has 0 heterocycles. The van der Waals surface area contributed by atoms with Gasteiger partial charge in [-0.15, -0.1) is 0 Å². The molecular weight excluding hydrogens is 749 g/mol. The van der Waals surface area contributed by atoms with Crippen molar-refractivity contribution in [2.75, 3.05) is 0 Å².